The SMILES string of the molecule is O=C1NC(=O)N(c2cccc(Cl)c2)C(=O)/C1=C/c1cc(Cl)ccc1OCc1ccc(F)cc1. The minimum atomic E-state index is -0.886. The number of urea groups is 1. The van der Waals surface area contributed by atoms with Crippen molar-refractivity contribution >= 4 is 52.8 Å². The third-order valence-corrected chi connectivity index (χ3v) is 5.22. The lowest BCUT2D eigenvalue weighted by Gasteiger charge is -2.26. The lowest BCUT2D eigenvalue weighted by atomic mass is 10.1. The average molecular weight is 485 g/mol. The second kappa shape index (κ2) is 9.44. The molecular formula is C24H15Cl2FN2O4. The largest absolute Gasteiger partial charge is 0.488 e. The lowest BCUT2D eigenvalue weighted by Crippen LogP contribution is -2.54. The molecule has 4 rings (SSSR count). The number of nitrogens with zero attached hydrogens (tertiary/aromatic N) is 1. The van der Waals surface area contributed by atoms with Gasteiger partial charge in [-0.15, -0.1) is 0 Å². The Labute approximate surface area is 198 Å². The number of nitrogens with one attached hydrogen (secondary N) is 1. The summed E-state index contributed by atoms with van der Waals surface area (Å²) in [5.74, 6) is -1.71. The Morgan fingerprint density at radius 2 is 1.67 bits per heavy atom. The summed E-state index contributed by atoms with van der Waals surface area (Å²) in [6.07, 6.45) is 1.30. The van der Waals surface area contributed by atoms with E-state index < -0.39 is 17.8 Å². The highest BCUT2D eigenvalue weighted by Gasteiger charge is 2.37. The van der Waals surface area contributed by atoms with Crippen LogP contribution in [0, 0.1) is 5.82 Å². The Balaban J connectivity index is 1.67. The van der Waals surface area contributed by atoms with E-state index in [0.717, 1.165) is 4.90 Å². The maximum atomic E-state index is 13.1. The van der Waals surface area contributed by atoms with Crippen LogP contribution < -0.4 is 15.0 Å². The van der Waals surface area contributed by atoms with Crippen LogP contribution in [0.15, 0.2) is 72.3 Å². The van der Waals surface area contributed by atoms with Crippen molar-refractivity contribution in [3.05, 3.63) is 99.3 Å². The van der Waals surface area contributed by atoms with Crippen molar-refractivity contribution in [2.24, 2.45) is 0 Å². The highest BCUT2D eigenvalue weighted by atomic mass is 35.5. The molecule has 1 N–H and O–H groups in total. The number of imide groups is 2. The van der Waals surface area contributed by atoms with Gasteiger partial charge in [0.2, 0.25) is 0 Å². The number of anilines is 1. The zero-order valence-corrected chi connectivity index (χ0v) is 18.4. The highest BCUT2D eigenvalue weighted by molar-refractivity contribution is 6.39. The van der Waals surface area contributed by atoms with Gasteiger partial charge >= 0.3 is 6.03 Å². The molecule has 1 aliphatic heterocycles. The number of amides is 4. The molecular weight excluding hydrogens is 470 g/mol. The normalized spacial score (nSPS) is 15.1. The van der Waals surface area contributed by atoms with Crippen molar-refractivity contribution in [1.82, 2.24) is 5.32 Å². The number of rotatable bonds is 5. The summed E-state index contributed by atoms with van der Waals surface area (Å²) >= 11 is 12.1. The topological polar surface area (TPSA) is 75.7 Å². The highest BCUT2D eigenvalue weighted by Crippen LogP contribution is 2.29. The fourth-order valence-corrected chi connectivity index (χ4v) is 3.53. The zero-order valence-electron chi connectivity index (χ0n) is 16.8. The second-order valence-corrected chi connectivity index (χ2v) is 7.91. The van der Waals surface area contributed by atoms with Gasteiger partial charge in [0.25, 0.3) is 11.8 Å². The summed E-state index contributed by atoms with van der Waals surface area (Å²) in [6, 6.07) is 15.7. The van der Waals surface area contributed by atoms with Crippen LogP contribution in [0.2, 0.25) is 10.0 Å². The molecule has 0 spiro atoms. The third kappa shape index (κ3) is 5.05. The Hall–Kier alpha value is -3.68. The number of barbiturate groups is 1. The summed E-state index contributed by atoms with van der Waals surface area (Å²) in [7, 11) is 0. The number of halogens is 3. The van der Waals surface area contributed by atoms with Crippen molar-refractivity contribution < 1.29 is 23.5 Å². The van der Waals surface area contributed by atoms with Gasteiger partial charge in [-0.3, -0.25) is 14.9 Å². The Morgan fingerprint density at radius 3 is 2.39 bits per heavy atom. The van der Waals surface area contributed by atoms with Gasteiger partial charge in [-0.1, -0.05) is 41.4 Å². The molecule has 0 unspecified atom stereocenters. The van der Waals surface area contributed by atoms with Crippen LogP contribution in [-0.2, 0) is 16.2 Å². The maximum Gasteiger partial charge on any atom is 0.335 e. The van der Waals surface area contributed by atoms with Gasteiger partial charge in [-0.25, -0.2) is 14.1 Å². The number of benzene rings is 3. The molecule has 1 fully saturated rings. The molecule has 166 valence electrons. The smallest absolute Gasteiger partial charge is 0.335 e. The number of ether oxygens (including phenoxy) is 1. The molecule has 4 amide bonds. The molecule has 9 heteroatoms. The van der Waals surface area contributed by atoms with Crippen molar-refractivity contribution in [2.75, 3.05) is 4.90 Å². The molecule has 1 heterocycles. The number of hydrogen-bond acceptors (Lipinski definition) is 4. The molecule has 0 radical (unpaired) electrons. The summed E-state index contributed by atoms with van der Waals surface area (Å²) in [5, 5.41) is 2.82. The van der Waals surface area contributed by atoms with E-state index in [2.05, 4.69) is 5.32 Å². The predicted molar refractivity (Wildman–Crippen MR) is 123 cm³/mol. The van der Waals surface area contributed by atoms with E-state index in [1.165, 1.54) is 36.4 Å². The van der Waals surface area contributed by atoms with Crippen LogP contribution >= 0.6 is 23.2 Å². The number of carbonyl (C=O) groups excluding carboxylic acids is 3. The molecule has 1 aliphatic rings. The quantitative estimate of drug-likeness (QED) is 0.389. The fraction of sp³-hybridized carbons (Fsp3) is 0.0417. The Kier molecular flexibility index (Phi) is 6.44. The summed E-state index contributed by atoms with van der Waals surface area (Å²) in [6.45, 7) is 0.116. The van der Waals surface area contributed by atoms with Gasteiger partial charge in [0, 0.05) is 15.6 Å². The van der Waals surface area contributed by atoms with Gasteiger partial charge in [0.1, 0.15) is 23.7 Å². The van der Waals surface area contributed by atoms with E-state index in [-0.39, 0.29) is 23.7 Å². The first-order valence-electron chi connectivity index (χ1n) is 9.65. The fourth-order valence-electron chi connectivity index (χ4n) is 3.17. The van der Waals surface area contributed by atoms with E-state index in [0.29, 0.717) is 26.9 Å². The zero-order chi connectivity index (χ0) is 23.5. The van der Waals surface area contributed by atoms with Crippen LogP contribution in [-0.4, -0.2) is 17.8 Å². The first-order chi connectivity index (χ1) is 15.8. The second-order valence-electron chi connectivity index (χ2n) is 7.04. The standard InChI is InChI=1S/C24H15Cl2FN2O4/c25-16-2-1-3-19(12-16)29-23(31)20(22(30)28-24(29)32)11-15-10-17(26)6-9-21(15)33-13-14-4-7-18(27)8-5-14/h1-12H,13H2,(H,28,30,32)/b20-11+. The summed E-state index contributed by atoms with van der Waals surface area (Å²) in [5.41, 5.74) is 0.989. The summed E-state index contributed by atoms with van der Waals surface area (Å²) in [4.78, 5) is 38.8. The van der Waals surface area contributed by atoms with E-state index >= 15 is 0 Å². The lowest BCUT2D eigenvalue weighted by molar-refractivity contribution is -0.122. The first kappa shape index (κ1) is 22.5. The van der Waals surface area contributed by atoms with E-state index in [4.69, 9.17) is 27.9 Å². The van der Waals surface area contributed by atoms with E-state index in [1.807, 2.05) is 0 Å². The van der Waals surface area contributed by atoms with Gasteiger partial charge in [0.15, 0.2) is 0 Å². The molecule has 0 aromatic heterocycles. The first-order valence-corrected chi connectivity index (χ1v) is 10.4. The molecule has 0 bridgehead atoms. The third-order valence-electron chi connectivity index (χ3n) is 4.75. The molecule has 1 saturated heterocycles. The Bertz CT molecular complexity index is 1290. The predicted octanol–water partition coefficient (Wildman–Crippen LogP) is 5.38. The van der Waals surface area contributed by atoms with Gasteiger partial charge in [-0.05, 0) is 60.2 Å². The molecule has 33 heavy (non-hydrogen) atoms. The number of carbonyl (C=O) groups is 3. The molecule has 6 nitrogen and oxygen atoms in total. The molecule has 0 atom stereocenters. The molecule has 3 aromatic carbocycles. The number of hydrogen-bond donors (Lipinski definition) is 1. The summed E-state index contributed by atoms with van der Waals surface area (Å²) < 4.78 is 18.9. The van der Waals surface area contributed by atoms with Gasteiger partial charge in [0.05, 0.1) is 5.69 Å². The molecule has 0 saturated carbocycles. The van der Waals surface area contributed by atoms with Gasteiger partial charge < -0.3 is 4.74 Å². The Morgan fingerprint density at radius 1 is 0.939 bits per heavy atom. The van der Waals surface area contributed by atoms with Crippen LogP contribution in [0.25, 0.3) is 6.08 Å². The van der Waals surface area contributed by atoms with Crippen LogP contribution in [0.3, 0.4) is 0 Å². The minimum Gasteiger partial charge on any atom is -0.488 e. The van der Waals surface area contributed by atoms with E-state index in [1.54, 1.807) is 36.4 Å². The monoisotopic (exact) mass is 484 g/mol. The van der Waals surface area contributed by atoms with Crippen molar-refractivity contribution in [3.63, 3.8) is 0 Å². The van der Waals surface area contributed by atoms with Crippen molar-refractivity contribution in [1.29, 1.82) is 0 Å². The maximum absolute atomic E-state index is 13.1. The van der Waals surface area contributed by atoms with Crippen molar-refractivity contribution in [3.8, 4) is 5.75 Å². The van der Waals surface area contributed by atoms with Gasteiger partial charge in [-0.2, -0.15) is 0 Å². The van der Waals surface area contributed by atoms with E-state index in [9.17, 15) is 18.8 Å². The van der Waals surface area contributed by atoms with Crippen LogP contribution in [0.4, 0.5) is 14.9 Å². The average Bonchev–Trinajstić information content (AvgIpc) is 2.77. The molecule has 0 aliphatic carbocycles. The van der Waals surface area contributed by atoms with Crippen LogP contribution in [0.5, 0.6) is 5.75 Å². The minimum absolute atomic E-state index is 0.116. The van der Waals surface area contributed by atoms with Crippen LogP contribution in [0.1, 0.15) is 11.1 Å². The molecule has 3 aromatic rings. The van der Waals surface area contributed by atoms with Crippen molar-refractivity contribution in [2.45, 2.75) is 6.61 Å².